The van der Waals surface area contributed by atoms with Gasteiger partial charge in [-0.05, 0) is 37.2 Å². The third-order valence-electron chi connectivity index (χ3n) is 3.38. The molecular weight excluding hydrogens is 220 g/mol. The van der Waals surface area contributed by atoms with Crippen LogP contribution in [0.2, 0.25) is 0 Å². The molecule has 88 valence electrons. The molecule has 1 aliphatic rings. The number of alkyl halides is 1. The monoisotopic (exact) mass is 238 g/mol. The van der Waals surface area contributed by atoms with Gasteiger partial charge in [-0.1, -0.05) is 30.3 Å². The molecule has 0 aliphatic heterocycles. The summed E-state index contributed by atoms with van der Waals surface area (Å²) in [7, 11) is 0. The topological polar surface area (TPSA) is 9.23 Å². The van der Waals surface area contributed by atoms with Gasteiger partial charge < -0.3 is 4.74 Å². The summed E-state index contributed by atoms with van der Waals surface area (Å²) in [6.45, 7) is 0.697. The van der Waals surface area contributed by atoms with E-state index in [-0.39, 0.29) is 0 Å². The van der Waals surface area contributed by atoms with Gasteiger partial charge >= 0.3 is 0 Å². The first-order chi connectivity index (χ1) is 7.90. The smallest absolute Gasteiger partial charge is 0.0605 e. The highest BCUT2D eigenvalue weighted by atomic mass is 35.5. The molecule has 1 nitrogen and oxygen atoms in total. The Morgan fingerprint density at radius 3 is 2.38 bits per heavy atom. The van der Waals surface area contributed by atoms with Crippen LogP contribution >= 0.6 is 11.6 Å². The van der Waals surface area contributed by atoms with Crippen LogP contribution in [0.4, 0.5) is 0 Å². The Balaban J connectivity index is 1.81. The molecule has 1 saturated carbocycles. The molecule has 0 bridgehead atoms. The Morgan fingerprint density at radius 2 is 1.75 bits per heavy atom. The number of hydrogen-bond acceptors (Lipinski definition) is 1. The number of ether oxygens (including phenoxy) is 1. The van der Waals surface area contributed by atoms with Gasteiger partial charge in [0.05, 0.1) is 12.7 Å². The molecule has 2 rings (SSSR count). The van der Waals surface area contributed by atoms with Gasteiger partial charge in [-0.15, -0.1) is 11.6 Å². The van der Waals surface area contributed by atoms with E-state index in [0.717, 1.165) is 5.92 Å². The average Bonchev–Trinajstić information content (AvgIpc) is 2.38. The summed E-state index contributed by atoms with van der Waals surface area (Å²) >= 11 is 5.62. The predicted octanol–water partition coefficient (Wildman–Crippen LogP) is 3.97. The van der Waals surface area contributed by atoms with Gasteiger partial charge in [0.25, 0.3) is 0 Å². The van der Waals surface area contributed by atoms with Crippen LogP contribution in [0.25, 0.3) is 0 Å². The summed E-state index contributed by atoms with van der Waals surface area (Å²) in [4.78, 5) is 0. The fourth-order valence-electron chi connectivity index (χ4n) is 2.50. The summed E-state index contributed by atoms with van der Waals surface area (Å²) < 4.78 is 5.68. The van der Waals surface area contributed by atoms with E-state index < -0.39 is 0 Å². The van der Waals surface area contributed by atoms with Crippen LogP contribution in [-0.2, 0) is 4.74 Å². The Bertz CT molecular complexity index is 291. The molecule has 0 atom stereocenters. The van der Waals surface area contributed by atoms with Crippen molar-refractivity contribution in [3.8, 4) is 0 Å². The van der Waals surface area contributed by atoms with Crippen molar-refractivity contribution in [1.29, 1.82) is 0 Å². The van der Waals surface area contributed by atoms with Crippen LogP contribution in [-0.4, -0.2) is 18.6 Å². The average molecular weight is 239 g/mol. The van der Waals surface area contributed by atoms with E-state index in [0.29, 0.717) is 18.6 Å². The molecule has 0 saturated heterocycles. The van der Waals surface area contributed by atoms with Crippen molar-refractivity contribution in [2.45, 2.75) is 37.7 Å². The molecule has 0 spiro atoms. The molecule has 1 aliphatic carbocycles. The molecule has 0 amide bonds. The molecule has 1 aromatic carbocycles. The second-order valence-electron chi connectivity index (χ2n) is 4.44. The lowest BCUT2D eigenvalue weighted by Gasteiger charge is -2.28. The highest BCUT2D eigenvalue weighted by molar-refractivity contribution is 6.17. The van der Waals surface area contributed by atoms with E-state index in [1.54, 1.807) is 0 Å². The highest BCUT2D eigenvalue weighted by Crippen LogP contribution is 2.33. The van der Waals surface area contributed by atoms with Gasteiger partial charge in [-0.3, -0.25) is 0 Å². The van der Waals surface area contributed by atoms with Crippen molar-refractivity contribution < 1.29 is 4.74 Å². The number of benzene rings is 1. The molecule has 0 aromatic heterocycles. The largest absolute Gasteiger partial charge is 0.377 e. The van der Waals surface area contributed by atoms with Crippen molar-refractivity contribution in [3.63, 3.8) is 0 Å². The van der Waals surface area contributed by atoms with Crippen molar-refractivity contribution in [2.75, 3.05) is 12.5 Å². The Kier molecular flexibility index (Phi) is 4.68. The van der Waals surface area contributed by atoms with E-state index in [2.05, 4.69) is 30.3 Å². The molecular formula is C14H19ClO. The second kappa shape index (κ2) is 6.27. The minimum Gasteiger partial charge on any atom is -0.377 e. The lowest BCUT2D eigenvalue weighted by molar-refractivity contribution is 0.0339. The van der Waals surface area contributed by atoms with Gasteiger partial charge in [0, 0.05) is 5.88 Å². The zero-order valence-corrected chi connectivity index (χ0v) is 10.3. The Morgan fingerprint density at radius 1 is 1.06 bits per heavy atom. The van der Waals surface area contributed by atoms with Gasteiger partial charge in [-0.25, -0.2) is 0 Å². The van der Waals surface area contributed by atoms with E-state index in [9.17, 15) is 0 Å². The molecule has 2 heteroatoms. The number of halogens is 1. The van der Waals surface area contributed by atoms with Gasteiger partial charge in [0.1, 0.15) is 0 Å². The van der Waals surface area contributed by atoms with Crippen molar-refractivity contribution in [3.05, 3.63) is 35.9 Å². The van der Waals surface area contributed by atoms with Crippen LogP contribution in [0.3, 0.4) is 0 Å². The quantitative estimate of drug-likeness (QED) is 0.722. The lowest BCUT2D eigenvalue weighted by Crippen LogP contribution is -2.21. The van der Waals surface area contributed by atoms with Crippen LogP contribution in [0.5, 0.6) is 0 Å². The number of hydrogen-bond donors (Lipinski definition) is 0. The highest BCUT2D eigenvalue weighted by Gasteiger charge is 2.22. The minimum atomic E-state index is 0.443. The molecule has 0 radical (unpaired) electrons. The van der Waals surface area contributed by atoms with Crippen molar-refractivity contribution in [1.82, 2.24) is 0 Å². The van der Waals surface area contributed by atoms with Gasteiger partial charge in [0.15, 0.2) is 0 Å². The fourth-order valence-corrected chi connectivity index (χ4v) is 2.59. The van der Waals surface area contributed by atoms with Crippen molar-refractivity contribution in [2.24, 2.45) is 0 Å². The predicted molar refractivity (Wildman–Crippen MR) is 68.1 cm³/mol. The summed E-state index contributed by atoms with van der Waals surface area (Å²) in [6, 6.07) is 10.8. The van der Waals surface area contributed by atoms with Gasteiger partial charge in [0.2, 0.25) is 0 Å². The summed E-state index contributed by atoms with van der Waals surface area (Å²) in [5.41, 5.74) is 1.48. The number of rotatable bonds is 4. The van der Waals surface area contributed by atoms with E-state index in [1.807, 2.05) is 0 Å². The van der Waals surface area contributed by atoms with E-state index >= 15 is 0 Å². The zero-order chi connectivity index (χ0) is 11.2. The molecule has 0 heterocycles. The lowest BCUT2D eigenvalue weighted by atomic mass is 9.83. The van der Waals surface area contributed by atoms with Crippen LogP contribution in [0, 0.1) is 0 Å². The summed E-state index contributed by atoms with van der Waals surface area (Å²) in [5.74, 6) is 1.34. The molecule has 1 aromatic rings. The first kappa shape index (κ1) is 11.9. The third-order valence-corrected chi connectivity index (χ3v) is 3.53. The van der Waals surface area contributed by atoms with Gasteiger partial charge in [-0.2, -0.15) is 0 Å². The Labute approximate surface area is 103 Å². The molecule has 1 fully saturated rings. The third kappa shape index (κ3) is 3.23. The summed E-state index contributed by atoms with van der Waals surface area (Å²) in [5, 5.41) is 0. The summed E-state index contributed by atoms with van der Waals surface area (Å²) in [6.07, 6.45) is 5.29. The zero-order valence-electron chi connectivity index (χ0n) is 9.57. The Hall–Kier alpha value is -0.530. The maximum Gasteiger partial charge on any atom is 0.0605 e. The maximum absolute atomic E-state index is 5.68. The molecule has 0 unspecified atom stereocenters. The second-order valence-corrected chi connectivity index (χ2v) is 4.82. The van der Waals surface area contributed by atoms with Crippen LogP contribution in [0.1, 0.15) is 37.2 Å². The fraction of sp³-hybridized carbons (Fsp3) is 0.571. The molecule has 0 N–H and O–H groups in total. The molecule has 16 heavy (non-hydrogen) atoms. The van der Waals surface area contributed by atoms with Crippen molar-refractivity contribution >= 4 is 11.6 Å². The SMILES string of the molecule is ClCCOC1CCC(c2ccccc2)CC1. The normalized spacial score (nSPS) is 25.6. The minimum absolute atomic E-state index is 0.443. The first-order valence-corrected chi connectivity index (χ1v) is 6.66. The van der Waals surface area contributed by atoms with E-state index in [4.69, 9.17) is 16.3 Å². The van der Waals surface area contributed by atoms with Crippen LogP contribution in [0.15, 0.2) is 30.3 Å². The van der Waals surface area contributed by atoms with Crippen LogP contribution < -0.4 is 0 Å². The maximum atomic E-state index is 5.68. The standard InChI is InChI=1S/C14H19ClO/c15-10-11-16-14-8-6-13(7-9-14)12-4-2-1-3-5-12/h1-5,13-14H,6-11H2. The van der Waals surface area contributed by atoms with E-state index in [1.165, 1.54) is 31.2 Å². The first-order valence-electron chi connectivity index (χ1n) is 6.12.